The van der Waals surface area contributed by atoms with Crippen LogP contribution in [0.5, 0.6) is 0 Å². The van der Waals surface area contributed by atoms with Gasteiger partial charge in [-0.15, -0.1) is 0 Å². The molecule has 6 nitrogen and oxygen atoms in total. The van der Waals surface area contributed by atoms with Crippen LogP contribution in [0.15, 0.2) is 43.1 Å². The van der Waals surface area contributed by atoms with Crippen LogP contribution in [0.4, 0.5) is 0 Å². The molecule has 1 aromatic carbocycles. The number of hydrogen-bond donors (Lipinski definition) is 0. The summed E-state index contributed by atoms with van der Waals surface area (Å²) >= 11 is 0. The lowest BCUT2D eigenvalue weighted by atomic mass is 10.1. The van der Waals surface area contributed by atoms with Gasteiger partial charge in [0.2, 0.25) is 0 Å². The lowest BCUT2D eigenvalue weighted by Crippen LogP contribution is -2.21. The van der Waals surface area contributed by atoms with Crippen LogP contribution in [0.25, 0.3) is 16.6 Å². The zero-order chi connectivity index (χ0) is 14.1. The third-order valence-corrected chi connectivity index (χ3v) is 2.97. The van der Waals surface area contributed by atoms with Crippen molar-refractivity contribution in [3.8, 4) is 5.69 Å². The molecule has 0 fully saturated rings. The minimum Gasteiger partial charge on any atom is -0.345 e. The second kappa shape index (κ2) is 4.73. The number of benzene rings is 1. The van der Waals surface area contributed by atoms with Gasteiger partial charge in [0.25, 0.3) is 5.91 Å². The SMILES string of the molecule is CN(C)C(=O)c1ccc2nn(-c3cncnc3)cc2c1. The Morgan fingerprint density at radius 2 is 1.95 bits per heavy atom. The zero-order valence-corrected chi connectivity index (χ0v) is 11.2. The molecule has 0 saturated heterocycles. The first-order chi connectivity index (χ1) is 9.65. The van der Waals surface area contributed by atoms with Gasteiger partial charge >= 0.3 is 0 Å². The average molecular weight is 267 g/mol. The predicted octanol–water partition coefficient (Wildman–Crippen LogP) is 1.52. The Kier molecular flexibility index (Phi) is 2.90. The summed E-state index contributed by atoms with van der Waals surface area (Å²) in [7, 11) is 3.47. The molecule has 0 aliphatic heterocycles. The Bertz CT molecular complexity index is 764. The topological polar surface area (TPSA) is 63.9 Å². The highest BCUT2D eigenvalue weighted by Gasteiger charge is 2.10. The number of rotatable bonds is 2. The van der Waals surface area contributed by atoms with Crippen LogP contribution in [-0.2, 0) is 0 Å². The third-order valence-electron chi connectivity index (χ3n) is 2.97. The van der Waals surface area contributed by atoms with E-state index in [1.165, 1.54) is 6.33 Å². The zero-order valence-electron chi connectivity index (χ0n) is 11.2. The molecule has 100 valence electrons. The molecule has 0 unspecified atom stereocenters. The maximum atomic E-state index is 11.9. The molecule has 2 heterocycles. The summed E-state index contributed by atoms with van der Waals surface area (Å²) in [4.78, 5) is 21.4. The van der Waals surface area contributed by atoms with Crippen molar-refractivity contribution in [2.24, 2.45) is 0 Å². The molecule has 3 aromatic rings. The van der Waals surface area contributed by atoms with Gasteiger partial charge in [0, 0.05) is 31.2 Å². The van der Waals surface area contributed by atoms with E-state index in [0.717, 1.165) is 16.6 Å². The maximum absolute atomic E-state index is 11.9. The first kappa shape index (κ1) is 12.3. The first-order valence-corrected chi connectivity index (χ1v) is 6.11. The van der Waals surface area contributed by atoms with Crippen molar-refractivity contribution in [3.63, 3.8) is 0 Å². The van der Waals surface area contributed by atoms with Gasteiger partial charge in [-0.3, -0.25) is 4.79 Å². The Balaban J connectivity index is 2.06. The number of hydrogen-bond acceptors (Lipinski definition) is 4. The van der Waals surface area contributed by atoms with Gasteiger partial charge in [0.1, 0.15) is 12.0 Å². The quantitative estimate of drug-likeness (QED) is 0.706. The Morgan fingerprint density at radius 3 is 2.65 bits per heavy atom. The maximum Gasteiger partial charge on any atom is 0.253 e. The average Bonchev–Trinajstić information content (AvgIpc) is 2.90. The Morgan fingerprint density at radius 1 is 1.20 bits per heavy atom. The molecular formula is C14H13N5O. The summed E-state index contributed by atoms with van der Waals surface area (Å²) in [5.74, 6) is -0.0253. The van der Waals surface area contributed by atoms with Crippen LogP contribution >= 0.6 is 0 Å². The number of amides is 1. The smallest absolute Gasteiger partial charge is 0.253 e. The van der Waals surface area contributed by atoms with Crippen molar-refractivity contribution in [1.29, 1.82) is 0 Å². The summed E-state index contributed by atoms with van der Waals surface area (Å²) in [5.41, 5.74) is 2.25. The second-order valence-corrected chi connectivity index (χ2v) is 4.64. The molecule has 0 bridgehead atoms. The van der Waals surface area contributed by atoms with E-state index in [0.29, 0.717) is 5.56 Å². The molecule has 20 heavy (non-hydrogen) atoms. The number of fused-ring (bicyclic) bond motifs is 1. The van der Waals surface area contributed by atoms with Crippen molar-refractivity contribution in [3.05, 3.63) is 48.7 Å². The van der Waals surface area contributed by atoms with Crippen molar-refractivity contribution in [1.82, 2.24) is 24.6 Å². The molecular weight excluding hydrogens is 254 g/mol. The Hall–Kier alpha value is -2.76. The van der Waals surface area contributed by atoms with E-state index in [9.17, 15) is 4.79 Å². The minimum atomic E-state index is -0.0253. The standard InChI is InChI=1S/C14H13N5O/c1-18(2)14(20)10-3-4-13-11(5-10)8-19(17-13)12-6-15-9-16-7-12/h3-9H,1-2H3. The first-order valence-electron chi connectivity index (χ1n) is 6.11. The number of carbonyl (C=O) groups is 1. The van der Waals surface area contributed by atoms with E-state index >= 15 is 0 Å². The molecule has 0 radical (unpaired) electrons. The van der Waals surface area contributed by atoms with Crippen molar-refractivity contribution in [2.45, 2.75) is 0 Å². The van der Waals surface area contributed by atoms with Crippen LogP contribution in [0.3, 0.4) is 0 Å². The van der Waals surface area contributed by atoms with E-state index in [-0.39, 0.29) is 5.91 Å². The van der Waals surface area contributed by atoms with Crippen LogP contribution in [0.1, 0.15) is 10.4 Å². The summed E-state index contributed by atoms with van der Waals surface area (Å²) < 4.78 is 1.70. The van der Waals surface area contributed by atoms with Gasteiger partial charge in [-0.1, -0.05) is 0 Å². The summed E-state index contributed by atoms with van der Waals surface area (Å²) in [6.45, 7) is 0. The second-order valence-electron chi connectivity index (χ2n) is 4.64. The largest absolute Gasteiger partial charge is 0.345 e. The molecule has 0 spiro atoms. The van der Waals surface area contributed by atoms with E-state index in [4.69, 9.17) is 0 Å². The van der Waals surface area contributed by atoms with Crippen molar-refractivity contribution >= 4 is 16.8 Å². The molecule has 3 rings (SSSR count). The molecule has 6 heteroatoms. The lowest BCUT2D eigenvalue weighted by Gasteiger charge is -2.09. The van der Waals surface area contributed by atoms with Crippen LogP contribution in [-0.4, -0.2) is 44.7 Å². The predicted molar refractivity (Wildman–Crippen MR) is 74.7 cm³/mol. The fraction of sp³-hybridized carbons (Fsp3) is 0.143. The van der Waals surface area contributed by atoms with Gasteiger partial charge in [-0.2, -0.15) is 5.10 Å². The van der Waals surface area contributed by atoms with E-state index in [1.54, 1.807) is 42.1 Å². The fourth-order valence-corrected chi connectivity index (χ4v) is 1.96. The van der Waals surface area contributed by atoms with Crippen LogP contribution in [0, 0.1) is 0 Å². The summed E-state index contributed by atoms with van der Waals surface area (Å²) in [6, 6.07) is 5.46. The van der Waals surface area contributed by atoms with E-state index in [2.05, 4.69) is 15.1 Å². The van der Waals surface area contributed by atoms with Crippen molar-refractivity contribution < 1.29 is 4.79 Å². The summed E-state index contributed by atoms with van der Waals surface area (Å²) in [6.07, 6.45) is 6.70. The van der Waals surface area contributed by atoms with Gasteiger partial charge < -0.3 is 4.90 Å². The molecule has 1 amide bonds. The van der Waals surface area contributed by atoms with Gasteiger partial charge in [-0.25, -0.2) is 14.6 Å². The highest BCUT2D eigenvalue weighted by atomic mass is 16.2. The van der Waals surface area contributed by atoms with Crippen LogP contribution < -0.4 is 0 Å². The van der Waals surface area contributed by atoms with Gasteiger partial charge in [0.15, 0.2) is 0 Å². The third kappa shape index (κ3) is 2.11. The number of aromatic nitrogens is 4. The van der Waals surface area contributed by atoms with E-state index < -0.39 is 0 Å². The molecule has 0 aliphatic rings. The normalized spacial score (nSPS) is 10.7. The Labute approximate surface area is 115 Å². The molecule has 0 atom stereocenters. The highest BCUT2D eigenvalue weighted by molar-refractivity contribution is 5.97. The lowest BCUT2D eigenvalue weighted by molar-refractivity contribution is 0.0828. The van der Waals surface area contributed by atoms with Crippen molar-refractivity contribution in [2.75, 3.05) is 14.1 Å². The van der Waals surface area contributed by atoms with Gasteiger partial charge in [0.05, 0.1) is 17.9 Å². The minimum absolute atomic E-state index is 0.0253. The van der Waals surface area contributed by atoms with E-state index in [1.807, 2.05) is 18.3 Å². The highest BCUT2D eigenvalue weighted by Crippen LogP contribution is 2.17. The van der Waals surface area contributed by atoms with Crippen LogP contribution in [0.2, 0.25) is 0 Å². The fourth-order valence-electron chi connectivity index (χ4n) is 1.96. The monoisotopic (exact) mass is 267 g/mol. The van der Waals surface area contributed by atoms with Gasteiger partial charge in [-0.05, 0) is 18.2 Å². The molecule has 0 aliphatic carbocycles. The molecule has 0 saturated carbocycles. The number of carbonyl (C=O) groups excluding carboxylic acids is 1. The molecule has 2 aromatic heterocycles. The number of nitrogens with zero attached hydrogens (tertiary/aromatic N) is 5. The summed E-state index contributed by atoms with van der Waals surface area (Å²) in [5, 5.41) is 5.34. The molecule has 0 N–H and O–H groups in total.